The summed E-state index contributed by atoms with van der Waals surface area (Å²) >= 11 is 11.6. The summed E-state index contributed by atoms with van der Waals surface area (Å²) in [4.78, 5) is 27.3. The van der Waals surface area contributed by atoms with Gasteiger partial charge in [0.1, 0.15) is 38.7 Å². The van der Waals surface area contributed by atoms with Crippen molar-refractivity contribution in [3.05, 3.63) is 246 Å². The highest BCUT2D eigenvalue weighted by molar-refractivity contribution is 14.1. The van der Waals surface area contributed by atoms with Crippen LogP contribution in [-0.4, -0.2) is 44.1 Å². The van der Waals surface area contributed by atoms with Gasteiger partial charge in [-0.15, -0.1) is 47.3 Å². The zero-order valence-corrected chi connectivity index (χ0v) is 58.3. The number of halogens is 4. The molecule has 3 aliphatic rings. The van der Waals surface area contributed by atoms with E-state index < -0.39 is 0 Å². The van der Waals surface area contributed by atoms with Crippen molar-refractivity contribution in [1.82, 2.24) is 0 Å². The molecule has 0 N–H and O–H groups in total. The second kappa shape index (κ2) is 33.4. The number of allylic oxidation sites excluding steroid dienone is 2. The van der Waals surface area contributed by atoms with Crippen LogP contribution in [0.25, 0.3) is 27.9 Å². The Morgan fingerprint density at radius 1 is 0.522 bits per heavy atom. The van der Waals surface area contributed by atoms with Crippen molar-refractivity contribution < 1.29 is 47.1 Å². The number of ketones is 1. The second-order valence-electron chi connectivity index (χ2n) is 22.2. The van der Waals surface area contributed by atoms with Gasteiger partial charge in [0, 0.05) is 26.7 Å². The van der Waals surface area contributed by atoms with Crippen LogP contribution in [0.5, 0.6) is 40.2 Å². The first-order chi connectivity index (χ1) is 43.7. The normalized spacial score (nSPS) is 14.6. The predicted octanol–water partition coefficient (Wildman–Crippen LogP) is 19.6. The molecular formula is C73H72B2Br3IO11. The van der Waals surface area contributed by atoms with Gasteiger partial charge >= 0.3 is 3.18 Å². The lowest BCUT2D eigenvalue weighted by molar-refractivity contribution is 0.0902. The Balaban J connectivity index is 0.000000175. The molecule has 17 heteroatoms. The average molecular weight is 1510 g/mol. The van der Waals surface area contributed by atoms with Crippen LogP contribution in [0, 0.1) is 10.5 Å². The zero-order valence-electron chi connectivity index (χ0n) is 51.4. The molecule has 0 saturated carbocycles. The molecule has 0 radical (unpaired) electrons. The van der Waals surface area contributed by atoms with E-state index in [1.54, 1.807) is 46.6 Å². The Hall–Kier alpha value is -6.92. The molecule has 2 aliphatic heterocycles. The molecule has 9 aromatic rings. The summed E-state index contributed by atoms with van der Waals surface area (Å²) in [7, 11) is 6.30. The Bertz CT molecular complexity index is 3860. The number of carbonyl (C=O) groups excluding carboxylic acids is 1. The van der Waals surface area contributed by atoms with Gasteiger partial charge in [0.25, 0.3) is 0 Å². The average Bonchev–Trinajstić information content (AvgIpc) is 1.74. The van der Waals surface area contributed by atoms with Gasteiger partial charge < -0.3 is 42.3 Å². The molecule has 2 bridgehead atoms. The number of hydrogen-bond donors (Lipinski definition) is 0. The molecule has 2 fully saturated rings. The number of fused-ring (bicyclic) bond motifs is 4. The first kappa shape index (κ1) is 67.5. The van der Waals surface area contributed by atoms with Crippen LogP contribution in [-0.2, 0) is 37.6 Å². The number of ether oxygens (including phenoxy) is 8. The molecule has 12 rings (SSSR count). The highest BCUT2D eigenvalue weighted by Crippen LogP contribution is 2.48. The molecule has 0 atom stereocenters. The first-order valence-corrected chi connectivity index (χ1v) is 33.8. The van der Waals surface area contributed by atoms with E-state index in [1.807, 2.05) is 171 Å². The van der Waals surface area contributed by atoms with Gasteiger partial charge in [-0.05, 0) is 123 Å². The molecule has 2 saturated heterocycles. The van der Waals surface area contributed by atoms with E-state index in [-0.39, 0.29) is 39.1 Å². The highest BCUT2D eigenvalue weighted by atomic mass is 127. The third-order valence-electron chi connectivity index (χ3n) is 16.4. The van der Waals surface area contributed by atoms with Crippen molar-refractivity contribution in [2.75, 3.05) is 28.4 Å². The standard InChI is InChI=1S/C32H27IO5.C32H28O6.C9H17B.BBr3/c1-35-28-17-24(18-29(36-2)32(28)38-20-22-11-7-4-8-12-22)27-16-23-15-25(33)13-14-26(23)30(34)31(27)37-19-21-9-5-3-6-10-21;1-21-14-15-25-26(16-21)38-30(32(29(25)33)37-20-23-12-8-5-9-13-23)24-17-27(34-2)31(28(18-24)35-3)36-19-22-10-6-4-7-11-22;1-10-8-4-2-5-9(10)7-3-6-8;2-1(3)4/h3-15,17-18H,16,19-20H2,1-2H3;4-18H,19-20H2,1-3H3;8-9H,2-7H2,1H3;. The molecule has 1 aromatic heterocycles. The maximum atomic E-state index is 13.7. The summed E-state index contributed by atoms with van der Waals surface area (Å²) in [6, 6.07) is 57.9. The number of hydrogen-bond acceptors (Lipinski definition) is 11. The fourth-order valence-electron chi connectivity index (χ4n) is 11.7. The van der Waals surface area contributed by atoms with Gasteiger partial charge in [-0.1, -0.05) is 184 Å². The summed E-state index contributed by atoms with van der Waals surface area (Å²) in [6.45, 7) is 6.70. The summed E-state index contributed by atoms with van der Waals surface area (Å²) in [5, 5.41) is 0.448. The fourth-order valence-corrected chi connectivity index (χ4v) is 12.3. The highest BCUT2D eigenvalue weighted by Gasteiger charge is 2.35. The van der Waals surface area contributed by atoms with Gasteiger partial charge in [-0.2, -0.15) is 0 Å². The second-order valence-corrected chi connectivity index (χ2v) is 29.9. The third kappa shape index (κ3) is 17.8. The van der Waals surface area contributed by atoms with Crippen molar-refractivity contribution in [3.8, 4) is 51.6 Å². The molecule has 0 unspecified atom stereocenters. The minimum atomic E-state index is -0.250. The van der Waals surface area contributed by atoms with Crippen molar-refractivity contribution in [1.29, 1.82) is 0 Å². The SMILES string of the molecule is BrB(Br)Br.CB1C2CCCC1CCC2.COc1cc(-c2oc3cc(C)ccc3c(=O)c2OCc2ccccc2)cc(OC)c1OCc1ccccc1.COc1cc(C2=C(OCc3ccccc3)C(=O)c3ccc(I)cc3C2)cc(OC)c1OCc1ccccc1. The molecule has 11 nitrogen and oxygen atoms in total. The van der Waals surface area contributed by atoms with E-state index in [9.17, 15) is 9.59 Å². The van der Waals surface area contributed by atoms with Gasteiger partial charge in [-0.3, -0.25) is 9.59 Å². The van der Waals surface area contributed by atoms with E-state index >= 15 is 0 Å². The third-order valence-corrected chi connectivity index (χ3v) is 17.1. The van der Waals surface area contributed by atoms with Crippen molar-refractivity contribution in [2.45, 2.75) is 96.8 Å². The van der Waals surface area contributed by atoms with Crippen LogP contribution in [0.3, 0.4) is 0 Å². The number of carbonyl (C=O) groups is 1. The molecule has 0 spiro atoms. The zero-order chi connectivity index (χ0) is 63.5. The maximum Gasteiger partial charge on any atom is 0.369 e. The minimum Gasteiger partial charge on any atom is -0.493 e. The molecule has 8 aromatic carbocycles. The van der Waals surface area contributed by atoms with Gasteiger partial charge in [-0.25, -0.2) is 0 Å². The Kier molecular flexibility index (Phi) is 25.0. The maximum absolute atomic E-state index is 13.7. The Morgan fingerprint density at radius 2 is 0.933 bits per heavy atom. The van der Waals surface area contributed by atoms with E-state index in [2.05, 4.69) is 76.7 Å². The van der Waals surface area contributed by atoms with E-state index in [1.165, 1.54) is 38.5 Å². The number of aryl methyl sites for hydroxylation is 1. The predicted molar refractivity (Wildman–Crippen MR) is 382 cm³/mol. The molecule has 1 aliphatic carbocycles. The van der Waals surface area contributed by atoms with E-state index in [4.69, 9.17) is 42.3 Å². The van der Waals surface area contributed by atoms with Crippen molar-refractivity contribution >= 4 is 102 Å². The van der Waals surface area contributed by atoms with E-state index in [0.717, 1.165) is 66.4 Å². The lowest BCUT2D eigenvalue weighted by Gasteiger charge is -2.38. The molecule has 464 valence electrons. The first-order valence-electron chi connectivity index (χ1n) is 30.0. The largest absolute Gasteiger partial charge is 0.493 e. The van der Waals surface area contributed by atoms with E-state index in [0.29, 0.717) is 82.0 Å². The molecular weight excluding hydrogens is 1440 g/mol. The summed E-state index contributed by atoms with van der Waals surface area (Å²) in [5.74, 6) is 5.73. The van der Waals surface area contributed by atoms with Gasteiger partial charge in [0.2, 0.25) is 28.5 Å². The van der Waals surface area contributed by atoms with Crippen LogP contribution in [0.1, 0.15) is 87.8 Å². The smallest absolute Gasteiger partial charge is 0.369 e. The van der Waals surface area contributed by atoms with Crippen LogP contribution in [0.2, 0.25) is 18.5 Å². The van der Waals surface area contributed by atoms with Crippen LogP contribution in [0.15, 0.2) is 197 Å². The lowest BCUT2D eigenvalue weighted by Crippen LogP contribution is -2.31. The Morgan fingerprint density at radius 3 is 1.36 bits per heavy atom. The summed E-state index contributed by atoms with van der Waals surface area (Å²) in [5.41, 5.74) is 8.92. The quantitative estimate of drug-likeness (QED) is 0.0603. The monoisotopic (exact) mass is 1510 g/mol. The fraction of sp³-hybridized carbons (Fsp3) is 0.260. The number of benzene rings is 8. The Labute approximate surface area is 567 Å². The van der Waals surface area contributed by atoms with Gasteiger partial charge in [0.15, 0.2) is 34.5 Å². The summed E-state index contributed by atoms with van der Waals surface area (Å²) < 4.78 is 55.1. The van der Waals surface area contributed by atoms with Crippen LogP contribution in [0.4, 0.5) is 0 Å². The molecule has 0 amide bonds. The van der Waals surface area contributed by atoms with Crippen LogP contribution >= 0.6 is 69.9 Å². The number of Topliss-reactive ketones (excluding diaryl/α,β-unsaturated/α-hetero) is 1. The van der Waals surface area contributed by atoms with Crippen LogP contribution < -0.4 is 38.6 Å². The summed E-state index contributed by atoms with van der Waals surface area (Å²) in [6.07, 6.45) is 9.75. The lowest BCUT2D eigenvalue weighted by atomic mass is 9.29. The molecule has 3 heterocycles. The van der Waals surface area contributed by atoms with Gasteiger partial charge in [0.05, 0.1) is 33.8 Å². The number of methoxy groups -OCH3 is 4. The minimum absolute atomic E-state index is 0.118. The van der Waals surface area contributed by atoms with Crippen molar-refractivity contribution in [2.24, 2.45) is 0 Å². The van der Waals surface area contributed by atoms with Crippen molar-refractivity contribution in [3.63, 3.8) is 0 Å². The molecule has 90 heavy (non-hydrogen) atoms. The number of rotatable bonds is 18. The topological polar surface area (TPSA) is 121 Å².